The zero-order valence-electron chi connectivity index (χ0n) is 15.0. The number of aliphatic carboxylic acids is 1. The minimum atomic E-state index is -1.08. The summed E-state index contributed by atoms with van der Waals surface area (Å²) in [6, 6.07) is 17.3. The molecular weight excluding hydrogens is 332 g/mol. The first kappa shape index (κ1) is 22.8. The Kier molecular flexibility index (Phi) is 11.5. The second-order valence-electron chi connectivity index (χ2n) is 5.22. The summed E-state index contributed by atoms with van der Waals surface area (Å²) >= 11 is 0. The summed E-state index contributed by atoms with van der Waals surface area (Å²) in [5.74, 6) is -1.72. The summed E-state index contributed by atoms with van der Waals surface area (Å²) < 4.78 is 0. The summed E-state index contributed by atoms with van der Waals surface area (Å²) in [4.78, 5) is 23.5. The van der Waals surface area contributed by atoms with Crippen LogP contribution in [-0.2, 0) is 11.2 Å². The van der Waals surface area contributed by atoms with Gasteiger partial charge in [0.2, 0.25) is 0 Å². The van der Waals surface area contributed by atoms with Crippen molar-refractivity contribution < 1.29 is 14.7 Å². The summed E-state index contributed by atoms with van der Waals surface area (Å²) in [5, 5.41) is 8.89. The van der Waals surface area contributed by atoms with Crippen molar-refractivity contribution in [1.82, 2.24) is 0 Å². The van der Waals surface area contributed by atoms with Crippen LogP contribution in [0.3, 0.4) is 0 Å². The van der Waals surface area contributed by atoms with Gasteiger partial charge in [-0.15, -0.1) is 0 Å². The molecule has 26 heavy (non-hydrogen) atoms. The fourth-order valence-corrected chi connectivity index (χ4v) is 1.69. The van der Waals surface area contributed by atoms with Gasteiger partial charge in [0.1, 0.15) is 0 Å². The standard InChI is InChI=1S/C9H11N3O.C8H11N.C2H4O2/c1-6-2-4-7(5-3-6)8(13)12-9(10)11;9-7-6-8-4-2-1-3-5-8;1-2(3)4/h2-5H,1H3,(H4,10,11,12,13);1-5H,6-7,9H2;1H3,(H,3,4)/p-1. The van der Waals surface area contributed by atoms with E-state index in [1.165, 1.54) is 5.56 Å². The SMILES string of the molecule is CC(=O)[O-].Cc1ccc(C(=O)N=C(N)N)cc1.NCCc1ccccc1. The van der Waals surface area contributed by atoms with Crippen molar-refractivity contribution >= 4 is 17.8 Å². The van der Waals surface area contributed by atoms with Gasteiger partial charge >= 0.3 is 0 Å². The van der Waals surface area contributed by atoms with Gasteiger partial charge in [-0.2, -0.15) is 4.99 Å². The van der Waals surface area contributed by atoms with Gasteiger partial charge in [0.15, 0.2) is 5.96 Å². The Morgan fingerprint density at radius 2 is 1.50 bits per heavy atom. The molecule has 2 aromatic rings. The van der Waals surface area contributed by atoms with Crippen LogP contribution in [0.1, 0.15) is 28.4 Å². The third kappa shape index (κ3) is 12.3. The Morgan fingerprint density at radius 1 is 1.00 bits per heavy atom. The highest BCUT2D eigenvalue weighted by atomic mass is 16.4. The Labute approximate surface area is 153 Å². The number of nitrogens with two attached hydrogens (primary N) is 3. The molecule has 7 nitrogen and oxygen atoms in total. The van der Waals surface area contributed by atoms with E-state index in [4.69, 9.17) is 27.1 Å². The number of carbonyl (C=O) groups excluding carboxylic acids is 2. The zero-order chi connectivity index (χ0) is 19.9. The fraction of sp³-hybridized carbons (Fsp3) is 0.211. The quantitative estimate of drug-likeness (QED) is 0.533. The molecule has 0 saturated heterocycles. The maximum absolute atomic E-state index is 11.2. The summed E-state index contributed by atoms with van der Waals surface area (Å²) in [6.07, 6.45) is 0.987. The van der Waals surface area contributed by atoms with Crippen LogP contribution in [0.2, 0.25) is 0 Å². The number of amides is 1. The first-order valence-electron chi connectivity index (χ1n) is 7.88. The van der Waals surface area contributed by atoms with Crippen molar-refractivity contribution in [2.75, 3.05) is 6.54 Å². The summed E-state index contributed by atoms with van der Waals surface area (Å²) in [5.41, 5.74) is 18.4. The van der Waals surface area contributed by atoms with E-state index in [1.54, 1.807) is 12.1 Å². The molecule has 0 aromatic heterocycles. The van der Waals surface area contributed by atoms with E-state index in [0.29, 0.717) is 5.56 Å². The van der Waals surface area contributed by atoms with E-state index in [0.717, 1.165) is 25.5 Å². The lowest BCUT2D eigenvalue weighted by Gasteiger charge is -1.96. The maximum atomic E-state index is 11.2. The van der Waals surface area contributed by atoms with Crippen molar-refractivity contribution in [1.29, 1.82) is 0 Å². The first-order valence-corrected chi connectivity index (χ1v) is 7.88. The van der Waals surface area contributed by atoms with E-state index < -0.39 is 11.9 Å². The van der Waals surface area contributed by atoms with Gasteiger partial charge in [0, 0.05) is 11.5 Å². The molecule has 0 bridgehead atoms. The molecule has 0 aliphatic carbocycles. The van der Waals surface area contributed by atoms with Gasteiger partial charge in [0.05, 0.1) is 0 Å². The number of carboxylic acid groups (broad SMARTS) is 1. The molecule has 0 heterocycles. The lowest BCUT2D eigenvalue weighted by Crippen LogP contribution is -2.24. The van der Waals surface area contributed by atoms with Crippen molar-refractivity contribution in [3.05, 3.63) is 71.3 Å². The first-order chi connectivity index (χ1) is 12.3. The molecule has 7 heteroatoms. The number of hydrogen-bond acceptors (Lipinski definition) is 4. The number of carboxylic acids is 1. The van der Waals surface area contributed by atoms with E-state index in [-0.39, 0.29) is 5.96 Å². The average Bonchev–Trinajstić information content (AvgIpc) is 2.56. The van der Waals surface area contributed by atoms with E-state index in [9.17, 15) is 4.79 Å². The maximum Gasteiger partial charge on any atom is 0.280 e. The molecule has 0 aliphatic heterocycles. The molecule has 0 saturated carbocycles. The summed E-state index contributed by atoms with van der Waals surface area (Å²) in [7, 11) is 0. The third-order valence-corrected chi connectivity index (χ3v) is 2.80. The molecule has 0 atom stereocenters. The topological polar surface area (TPSA) is 148 Å². The normalized spacial score (nSPS) is 8.88. The van der Waals surface area contributed by atoms with Crippen LogP contribution in [0.25, 0.3) is 0 Å². The molecule has 6 N–H and O–H groups in total. The van der Waals surface area contributed by atoms with Crippen molar-refractivity contribution in [2.45, 2.75) is 20.3 Å². The van der Waals surface area contributed by atoms with E-state index in [2.05, 4.69) is 17.1 Å². The van der Waals surface area contributed by atoms with Crippen LogP contribution in [0, 0.1) is 6.92 Å². The lowest BCUT2D eigenvalue weighted by molar-refractivity contribution is -0.302. The lowest BCUT2D eigenvalue weighted by atomic mass is 10.1. The predicted octanol–water partition coefficient (Wildman–Crippen LogP) is 0.353. The molecule has 0 fully saturated rings. The molecule has 0 radical (unpaired) electrons. The highest BCUT2D eigenvalue weighted by molar-refractivity contribution is 6.01. The zero-order valence-corrected chi connectivity index (χ0v) is 15.0. The number of aryl methyl sites for hydroxylation is 1. The second kappa shape index (κ2) is 13.1. The molecule has 1 amide bonds. The fourth-order valence-electron chi connectivity index (χ4n) is 1.69. The molecule has 140 valence electrons. The van der Waals surface area contributed by atoms with Crippen LogP contribution in [0.15, 0.2) is 59.6 Å². The van der Waals surface area contributed by atoms with Gasteiger partial charge in [-0.25, -0.2) is 0 Å². The van der Waals surface area contributed by atoms with Gasteiger partial charge in [-0.3, -0.25) is 4.79 Å². The molecule has 0 aliphatic rings. The Hall–Kier alpha value is -3.19. The van der Waals surface area contributed by atoms with Gasteiger partial charge in [0.25, 0.3) is 5.91 Å². The van der Waals surface area contributed by atoms with Crippen molar-refractivity contribution in [3.8, 4) is 0 Å². The molecular formula is C19H25N4O3-. The van der Waals surface area contributed by atoms with Crippen molar-refractivity contribution in [2.24, 2.45) is 22.2 Å². The minimum Gasteiger partial charge on any atom is -0.550 e. The van der Waals surface area contributed by atoms with Crippen LogP contribution < -0.4 is 22.3 Å². The van der Waals surface area contributed by atoms with Crippen LogP contribution in [0.4, 0.5) is 0 Å². The number of aliphatic imine (C=N–C) groups is 1. The van der Waals surface area contributed by atoms with E-state index in [1.807, 2.05) is 37.3 Å². The van der Waals surface area contributed by atoms with Crippen LogP contribution in [-0.4, -0.2) is 24.4 Å². The number of nitrogens with zero attached hydrogens (tertiary/aromatic N) is 1. The van der Waals surface area contributed by atoms with Gasteiger partial charge in [-0.05, 0) is 44.5 Å². The third-order valence-electron chi connectivity index (χ3n) is 2.80. The van der Waals surface area contributed by atoms with Gasteiger partial charge in [-0.1, -0.05) is 48.0 Å². The number of rotatable bonds is 3. The second-order valence-corrected chi connectivity index (χ2v) is 5.22. The molecule has 0 unspecified atom stereocenters. The monoisotopic (exact) mass is 357 g/mol. The molecule has 0 spiro atoms. The highest BCUT2D eigenvalue weighted by Crippen LogP contribution is 2.04. The van der Waals surface area contributed by atoms with Crippen molar-refractivity contribution in [3.63, 3.8) is 0 Å². The summed E-state index contributed by atoms with van der Waals surface area (Å²) in [6.45, 7) is 3.65. The average molecular weight is 357 g/mol. The Bertz CT molecular complexity index is 690. The number of carbonyl (C=O) groups is 2. The Morgan fingerprint density at radius 3 is 1.92 bits per heavy atom. The number of benzene rings is 2. The van der Waals surface area contributed by atoms with E-state index >= 15 is 0 Å². The number of hydrogen-bond donors (Lipinski definition) is 3. The molecule has 2 aromatic carbocycles. The minimum absolute atomic E-state index is 0.217. The van der Waals surface area contributed by atoms with Gasteiger partial charge < -0.3 is 27.1 Å². The van der Waals surface area contributed by atoms with Crippen LogP contribution >= 0.6 is 0 Å². The highest BCUT2D eigenvalue weighted by Gasteiger charge is 2.02. The Balaban J connectivity index is 0.000000416. The predicted molar refractivity (Wildman–Crippen MR) is 101 cm³/mol. The van der Waals surface area contributed by atoms with Crippen LogP contribution in [0.5, 0.6) is 0 Å². The number of guanidine groups is 1. The smallest absolute Gasteiger partial charge is 0.280 e. The molecule has 2 rings (SSSR count). The largest absolute Gasteiger partial charge is 0.550 e.